The van der Waals surface area contributed by atoms with Crippen LogP contribution in [-0.2, 0) is 6.54 Å². The number of ether oxygens (including phenoxy) is 1. The van der Waals surface area contributed by atoms with E-state index in [1.165, 1.54) is 17.7 Å². The van der Waals surface area contributed by atoms with E-state index < -0.39 is 22.8 Å². The lowest BCUT2D eigenvalue weighted by molar-refractivity contribution is 0.0691. The minimum atomic E-state index is -1.45. The number of aryl methyl sites for hydroxylation is 1. The number of methoxy groups -OCH3 is 1. The summed E-state index contributed by atoms with van der Waals surface area (Å²) in [5.41, 5.74) is -0.872. The Bertz CT molecular complexity index is 717. The van der Waals surface area contributed by atoms with Gasteiger partial charge in [-0.05, 0) is 25.1 Å². The number of nitrogens with zero attached hydrogens (tertiary/aromatic N) is 1. The average molecular weight is 263 g/mol. The van der Waals surface area contributed by atoms with Gasteiger partial charge in [0.15, 0.2) is 5.56 Å². The number of carboxylic acids is 1. The van der Waals surface area contributed by atoms with Crippen LogP contribution in [0.15, 0.2) is 23.0 Å². The second-order valence-corrected chi connectivity index (χ2v) is 3.96. The van der Waals surface area contributed by atoms with E-state index >= 15 is 0 Å². The lowest BCUT2D eigenvalue weighted by Crippen LogP contribution is -2.26. The van der Waals surface area contributed by atoms with Gasteiger partial charge >= 0.3 is 5.97 Å². The van der Waals surface area contributed by atoms with Crippen LogP contribution in [-0.4, -0.2) is 27.9 Å². The van der Waals surface area contributed by atoms with Gasteiger partial charge in [-0.25, -0.2) is 4.79 Å². The summed E-state index contributed by atoms with van der Waals surface area (Å²) in [6.45, 7) is 2.04. The summed E-state index contributed by atoms with van der Waals surface area (Å²) in [5, 5.41) is 19.3. The molecule has 2 N–H and O–H groups in total. The maximum absolute atomic E-state index is 12.0. The van der Waals surface area contributed by atoms with Crippen molar-refractivity contribution in [3.63, 3.8) is 0 Å². The summed E-state index contributed by atoms with van der Waals surface area (Å²) in [4.78, 5) is 23.1. The quantitative estimate of drug-likeness (QED) is 0.874. The van der Waals surface area contributed by atoms with Crippen LogP contribution >= 0.6 is 0 Å². The number of rotatable bonds is 3. The van der Waals surface area contributed by atoms with Gasteiger partial charge in [-0.2, -0.15) is 0 Å². The topological polar surface area (TPSA) is 88.8 Å². The second kappa shape index (κ2) is 4.64. The molecular formula is C13H13NO5. The number of aromatic nitrogens is 1. The summed E-state index contributed by atoms with van der Waals surface area (Å²) < 4.78 is 6.34. The molecule has 0 saturated heterocycles. The fraction of sp³-hybridized carbons (Fsp3) is 0.231. The number of carboxylic acid groups (broad SMARTS) is 1. The molecule has 0 atom stereocenters. The highest BCUT2D eigenvalue weighted by Gasteiger charge is 2.21. The summed E-state index contributed by atoms with van der Waals surface area (Å²) in [5.74, 6) is -1.51. The van der Waals surface area contributed by atoms with E-state index in [1.807, 2.05) is 0 Å². The fourth-order valence-corrected chi connectivity index (χ4v) is 2.05. The van der Waals surface area contributed by atoms with E-state index in [1.54, 1.807) is 19.1 Å². The minimum Gasteiger partial charge on any atom is -0.506 e. The van der Waals surface area contributed by atoms with Crippen molar-refractivity contribution in [2.75, 3.05) is 7.11 Å². The third-order valence-electron chi connectivity index (χ3n) is 2.98. The Labute approximate surface area is 108 Å². The smallest absolute Gasteiger partial charge is 0.345 e. The molecule has 19 heavy (non-hydrogen) atoms. The van der Waals surface area contributed by atoms with Crippen LogP contribution in [0.25, 0.3) is 10.9 Å². The zero-order valence-corrected chi connectivity index (χ0v) is 10.5. The molecule has 2 aromatic rings. The molecule has 2 rings (SSSR count). The first-order valence-corrected chi connectivity index (χ1v) is 5.68. The molecule has 6 heteroatoms. The zero-order valence-electron chi connectivity index (χ0n) is 10.5. The first-order chi connectivity index (χ1) is 9.01. The summed E-state index contributed by atoms with van der Waals surface area (Å²) in [7, 11) is 1.46. The Morgan fingerprint density at radius 2 is 2.11 bits per heavy atom. The molecule has 1 aromatic carbocycles. The van der Waals surface area contributed by atoms with Gasteiger partial charge in [0.1, 0.15) is 11.5 Å². The van der Waals surface area contributed by atoms with Crippen LogP contribution < -0.4 is 10.3 Å². The Morgan fingerprint density at radius 3 is 2.63 bits per heavy atom. The van der Waals surface area contributed by atoms with Crippen molar-refractivity contribution in [3.05, 3.63) is 34.1 Å². The van der Waals surface area contributed by atoms with E-state index in [-0.39, 0.29) is 5.39 Å². The molecule has 0 unspecified atom stereocenters. The molecule has 1 aromatic heterocycles. The van der Waals surface area contributed by atoms with Crippen LogP contribution in [0.1, 0.15) is 17.3 Å². The molecule has 0 aliphatic heterocycles. The lowest BCUT2D eigenvalue weighted by Gasteiger charge is -2.12. The SMILES string of the molecule is CCn1c(=O)c(C(=O)O)c(O)c2cc(OC)ccc21. The Balaban J connectivity index is 3.00. The van der Waals surface area contributed by atoms with Gasteiger partial charge in [-0.3, -0.25) is 4.79 Å². The number of aromatic carboxylic acids is 1. The van der Waals surface area contributed by atoms with E-state index in [0.29, 0.717) is 17.8 Å². The number of pyridine rings is 1. The van der Waals surface area contributed by atoms with E-state index in [0.717, 1.165) is 0 Å². The third kappa shape index (κ3) is 1.91. The van der Waals surface area contributed by atoms with Crippen molar-refractivity contribution >= 4 is 16.9 Å². The number of carbonyl (C=O) groups is 1. The van der Waals surface area contributed by atoms with E-state index in [2.05, 4.69) is 0 Å². The van der Waals surface area contributed by atoms with Crippen molar-refractivity contribution < 1.29 is 19.7 Å². The molecule has 0 aliphatic rings. The van der Waals surface area contributed by atoms with Crippen molar-refractivity contribution in [2.24, 2.45) is 0 Å². The van der Waals surface area contributed by atoms with Gasteiger partial charge in [-0.15, -0.1) is 0 Å². The van der Waals surface area contributed by atoms with Crippen LogP contribution in [0.4, 0.5) is 0 Å². The van der Waals surface area contributed by atoms with Gasteiger partial charge in [0, 0.05) is 11.9 Å². The normalized spacial score (nSPS) is 10.6. The molecule has 1 heterocycles. The maximum atomic E-state index is 12.0. The number of aromatic hydroxyl groups is 1. The highest BCUT2D eigenvalue weighted by molar-refractivity contribution is 5.99. The van der Waals surface area contributed by atoms with Crippen molar-refractivity contribution in [2.45, 2.75) is 13.5 Å². The number of hydrogen-bond acceptors (Lipinski definition) is 4. The highest BCUT2D eigenvalue weighted by Crippen LogP contribution is 2.29. The molecular weight excluding hydrogens is 250 g/mol. The second-order valence-electron chi connectivity index (χ2n) is 3.96. The average Bonchev–Trinajstić information content (AvgIpc) is 2.38. The molecule has 0 fully saturated rings. The maximum Gasteiger partial charge on any atom is 0.345 e. The van der Waals surface area contributed by atoms with Crippen LogP contribution in [0.3, 0.4) is 0 Å². The van der Waals surface area contributed by atoms with Gasteiger partial charge in [0.25, 0.3) is 5.56 Å². The first kappa shape index (κ1) is 12.9. The van der Waals surface area contributed by atoms with Gasteiger partial charge in [-0.1, -0.05) is 0 Å². The Morgan fingerprint density at radius 1 is 1.42 bits per heavy atom. The lowest BCUT2D eigenvalue weighted by atomic mass is 10.1. The summed E-state index contributed by atoms with van der Waals surface area (Å²) in [6.07, 6.45) is 0. The van der Waals surface area contributed by atoms with Gasteiger partial charge in [0.05, 0.1) is 12.6 Å². The predicted octanol–water partition coefficient (Wildman–Crippen LogP) is 1.43. The molecule has 0 radical (unpaired) electrons. The molecule has 0 bridgehead atoms. The van der Waals surface area contributed by atoms with Gasteiger partial charge in [0.2, 0.25) is 0 Å². The molecule has 6 nitrogen and oxygen atoms in total. The number of benzene rings is 1. The molecule has 0 saturated carbocycles. The first-order valence-electron chi connectivity index (χ1n) is 5.68. The standard InChI is InChI=1S/C13H13NO5/c1-3-14-9-5-4-7(19-2)6-8(9)11(15)10(12(14)16)13(17)18/h4-6,15H,3H2,1-2H3,(H,17,18). The summed E-state index contributed by atoms with van der Waals surface area (Å²) >= 11 is 0. The van der Waals surface area contributed by atoms with Crippen LogP contribution in [0.5, 0.6) is 11.5 Å². The third-order valence-corrected chi connectivity index (χ3v) is 2.98. The zero-order chi connectivity index (χ0) is 14.2. The van der Waals surface area contributed by atoms with E-state index in [4.69, 9.17) is 9.84 Å². The molecule has 0 spiro atoms. The van der Waals surface area contributed by atoms with Crippen LogP contribution in [0, 0.1) is 0 Å². The highest BCUT2D eigenvalue weighted by atomic mass is 16.5. The number of fused-ring (bicyclic) bond motifs is 1. The predicted molar refractivity (Wildman–Crippen MR) is 69.1 cm³/mol. The Hall–Kier alpha value is -2.50. The molecule has 0 amide bonds. The van der Waals surface area contributed by atoms with Crippen molar-refractivity contribution in [1.82, 2.24) is 4.57 Å². The Kier molecular flexibility index (Phi) is 3.16. The van der Waals surface area contributed by atoms with E-state index in [9.17, 15) is 14.7 Å². The summed E-state index contributed by atoms with van der Waals surface area (Å²) in [6, 6.07) is 4.76. The fourth-order valence-electron chi connectivity index (χ4n) is 2.05. The molecule has 100 valence electrons. The van der Waals surface area contributed by atoms with Gasteiger partial charge < -0.3 is 19.5 Å². The largest absolute Gasteiger partial charge is 0.506 e. The molecule has 0 aliphatic carbocycles. The monoisotopic (exact) mass is 263 g/mol. The van der Waals surface area contributed by atoms with Crippen molar-refractivity contribution in [1.29, 1.82) is 0 Å². The number of hydrogen-bond donors (Lipinski definition) is 2. The van der Waals surface area contributed by atoms with Crippen LogP contribution in [0.2, 0.25) is 0 Å². The minimum absolute atomic E-state index is 0.276. The van der Waals surface area contributed by atoms with Crippen molar-refractivity contribution in [3.8, 4) is 11.5 Å².